The fourth-order valence-electron chi connectivity index (χ4n) is 3.73. The number of amides is 1. The van der Waals surface area contributed by atoms with Gasteiger partial charge in [-0.25, -0.2) is 17.5 Å². The minimum atomic E-state index is -3.65. The normalized spacial score (nSPS) is 15.1. The van der Waals surface area contributed by atoms with E-state index in [9.17, 15) is 17.6 Å². The van der Waals surface area contributed by atoms with E-state index >= 15 is 0 Å². The van der Waals surface area contributed by atoms with Crippen LogP contribution in [0.2, 0.25) is 0 Å². The van der Waals surface area contributed by atoms with Crippen LogP contribution >= 0.6 is 0 Å². The van der Waals surface area contributed by atoms with E-state index in [2.05, 4.69) is 14.9 Å². The molecule has 176 valence electrons. The summed E-state index contributed by atoms with van der Waals surface area (Å²) in [5.41, 5.74) is 1.36. The third-order valence-corrected chi connectivity index (χ3v) is 7.05. The molecule has 4 rings (SSSR count). The van der Waals surface area contributed by atoms with Gasteiger partial charge in [0.1, 0.15) is 11.4 Å². The quantitative estimate of drug-likeness (QED) is 0.486. The summed E-state index contributed by atoms with van der Waals surface area (Å²) in [4.78, 5) is 15.0. The first-order valence-corrected chi connectivity index (χ1v) is 12.2. The highest BCUT2D eigenvalue weighted by atomic mass is 32.2. The number of morpholine rings is 1. The van der Waals surface area contributed by atoms with Crippen molar-refractivity contribution in [1.82, 2.24) is 9.62 Å². The maximum Gasteiger partial charge on any atom is 0.291 e. The Kier molecular flexibility index (Phi) is 7.08. The van der Waals surface area contributed by atoms with Crippen molar-refractivity contribution < 1.29 is 26.8 Å². The van der Waals surface area contributed by atoms with Crippen molar-refractivity contribution in [2.24, 2.45) is 0 Å². The predicted molar refractivity (Wildman–Crippen MR) is 122 cm³/mol. The SMILES string of the molecule is Cc1c(C(=O)Nc2ccc(S(=O)(=O)NCCCN3CCOCC3)cc2)oc2ccc(F)cc12. The highest BCUT2D eigenvalue weighted by molar-refractivity contribution is 7.89. The summed E-state index contributed by atoms with van der Waals surface area (Å²) in [6, 6.07) is 9.95. The van der Waals surface area contributed by atoms with E-state index in [-0.39, 0.29) is 10.7 Å². The minimum absolute atomic E-state index is 0.0780. The number of ether oxygens (including phenoxy) is 1. The van der Waals surface area contributed by atoms with Gasteiger partial charge in [-0.1, -0.05) is 0 Å². The van der Waals surface area contributed by atoms with Crippen molar-refractivity contribution in [2.45, 2.75) is 18.2 Å². The van der Waals surface area contributed by atoms with Crippen LogP contribution in [0.3, 0.4) is 0 Å². The molecular weight excluding hydrogens is 449 g/mol. The molecule has 1 amide bonds. The van der Waals surface area contributed by atoms with E-state index < -0.39 is 21.7 Å². The van der Waals surface area contributed by atoms with Gasteiger partial charge in [-0.15, -0.1) is 0 Å². The molecule has 0 atom stereocenters. The average molecular weight is 476 g/mol. The summed E-state index contributed by atoms with van der Waals surface area (Å²) in [5.74, 6) is -0.833. The largest absolute Gasteiger partial charge is 0.451 e. The lowest BCUT2D eigenvalue weighted by atomic mass is 10.1. The minimum Gasteiger partial charge on any atom is -0.451 e. The summed E-state index contributed by atoms with van der Waals surface area (Å²) in [5, 5.41) is 3.21. The molecule has 0 unspecified atom stereocenters. The first-order chi connectivity index (χ1) is 15.8. The number of carbonyl (C=O) groups is 1. The molecule has 1 aliphatic heterocycles. The van der Waals surface area contributed by atoms with Gasteiger partial charge < -0.3 is 14.5 Å². The highest BCUT2D eigenvalue weighted by Crippen LogP contribution is 2.27. The molecule has 1 aromatic heterocycles. The van der Waals surface area contributed by atoms with Gasteiger partial charge in [-0.05, 0) is 62.4 Å². The summed E-state index contributed by atoms with van der Waals surface area (Å²) in [7, 11) is -3.65. The van der Waals surface area contributed by atoms with Crippen LogP contribution in [-0.2, 0) is 14.8 Å². The molecular formula is C23H26FN3O5S. The van der Waals surface area contributed by atoms with E-state index in [1.54, 1.807) is 6.92 Å². The molecule has 0 radical (unpaired) electrons. The zero-order valence-corrected chi connectivity index (χ0v) is 19.1. The Bertz CT molecular complexity index is 1230. The van der Waals surface area contributed by atoms with Gasteiger partial charge in [0.15, 0.2) is 5.76 Å². The van der Waals surface area contributed by atoms with Crippen molar-refractivity contribution in [3.8, 4) is 0 Å². The van der Waals surface area contributed by atoms with Gasteiger partial charge in [0.2, 0.25) is 10.0 Å². The molecule has 2 aromatic carbocycles. The molecule has 0 spiro atoms. The Morgan fingerprint density at radius 1 is 1.12 bits per heavy atom. The van der Waals surface area contributed by atoms with E-state index in [4.69, 9.17) is 9.15 Å². The zero-order chi connectivity index (χ0) is 23.4. The predicted octanol–water partition coefficient (Wildman–Crippen LogP) is 3.13. The second-order valence-electron chi connectivity index (χ2n) is 7.88. The van der Waals surface area contributed by atoms with Crippen LogP contribution in [0, 0.1) is 12.7 Å². The van der Waals surface area contributed by atoms with E-state index in [0.29, 0.717) is 48.4 Å². The second-order valence-corrected chi connectivity index (χ2v) is 9.65. The van der Waals surface area contributed by atoms with Crippen LogP contribution in [0.15, 0.2) is 51.8 Å². The Morgan fingerprint density at radius 2 is 1.85 bits per heavy atom. The van der Waals surface area contributed by atoms with Crippen LogP contribution in [0.1, 0.15) is 22.5 Å². The van der Waals surface area contributed by atoms with Gasteiger partial charge in [0.25, 0.3) is 5.91 Å². The molecule has 1 aliphatic rings. The summed E-state index contributed by atoms with van der Waals surface area (Å²) < 4.78 is 52.0. The molecule has 3 aromatic rings. The van der Waals surface area contributed by atoms with Gasteiger partial charge in [0.05, 0.1) is 18.1 Å². The lowest BCUT2D eigenvalue weighted by Crippen LogP contribution is -2.38. The third kappa shape index (κ3) is 5.59. The van der Waals surface area contributed by atoms with Crippen molar-refractivity contribution >= 4 is 32.6 Å². The molecule has 33 heavy (non-hydrogen) atoms. The number of fused-ring (bicyclic) bond motifs is 1. The van der Waals surface area contributed by atoms with Crippen LogP contribution in [0.5, 0.6) is 0 Å². The van der Waals surface area contributed by atoms with Crippen molar-refractivity contribution in [3.05, 3.63) is 59.6 Å². The van der Waals surface area contributed by atoms with E-state index in [0.717, 1.165) is 19.6 Å². The van der Waals surface area contributed by atoms with Crippen LogP contribution < -0.4 is 10.0 Å². The van der Waals surface area contributed by atoms with Crippen LogP contribution in [0.25, 0.3) is 11.0 Å². The monoisotopic (exact) mass is 475 g/mol. The number of halogens is 1. The smallest absolute Gasteiger partial charge is 0.291 e. The fourth-order valence-corrected chi connectivity index (χ4v) is 4.81. The van der Waals surface area contributed by atoms with Crippen molar-refractivity contribution in [1.29, 1.82) is 0 Å². The fraction of sp³-hybridized carbons (Fsp3) is 0.348. The summed E-state index contributed by atoms with van der Waals surface area (Å²) in [6.07, 6.45) is 0.703. The second kappa shape index (κ2) is 10.0. The molecule has 8 nitrogen and oxygen atoms in total. The molecule has 0 aliphatic carbocycles. The van der Waals surface area contributed by atoms with E-state index in [1.807, 2.05) is 0 Å². The topological polar surface area (TPSA) is 101 Å². The number of nitrogens with one attached hydrogen (secondary N) is 2. The first kappa shape index (κ1) is 23.4. The molecule has 2 N–H and O–H groups in total. The number of aryl methyl sites for hydroxylation is 1. The lowest BCUT2D eigenvalue weighted by Gasteiger charge is -2.26. The number of carbonyl (C=O) groups excluding carboxylic acids is 1. The molecule has 0 saturated carbocycles. The van der Waals surface area contributed by atoms with Crippen molar-refractivity contribution in [3.63, 3.8) is 0 Å². The number of anilines is 1. The first-order valence-electron chi connectivity index (χ1n) is 10.7. The van der Waals surface area contributed by atoms with Gasteiger partial charge in [0, 0.05) is 36.3 Å². The Hall–Kier alpha value is -2.79. The summed E-state index contributed by atoms with van der Waals surface area (Å²) >= 11 is 0. The maximum absolute atomic E-state index is 13.5. The molecule has 1 fully saturated rings. The molecule has 1 saturated heterocycles. The van der Waals surface area contributed by atoms with Crippen LogP contribution in [0.4, 0.5) is 10.1 Å². The number of furan rings is 1. The standard InChI is InChI=1S/C23H26FN3O5S/c1-16-20-15-17(24)3-8-21(20)32-22(16)23(28)26-18-4-6-19(7-5-18)33(29,30)25-9-2-10-27-11-13-31-14-12-27/h3-8,15,25H,2,9-14H2,1H3,(H,26,28). The Labute approximate surface area is 191 Å². The number of nitrogens with zero attached hydrogens (tertiary/aromatic N) is 1. The van der Waals surface area contributed by atoms with E-state index in [1.165, 1.54) is 42.5 Å². The Balaban J connectivity index is 1.34. The molecule has 2 heterocycles. The van der Waals surface area contributed by atoms with Crippen LogP contribution in [-0.4, -0.2) is 58.6 Å². The number of sulfonamides is 1. The van der Waals surface area contributed by atoms with Gasteiger partial charge in [-0.3, -0.25) is 9.69 Å². The van der Waals surface area contributed by atoms with Gasteiger partial charge >= 0.3 is 0 Å². The molecule has 0 bridgehead atoms. The maximum atomic E-state index is 13.5. The highest BCUT2D eigenvalue weighted by Gasteiger charge is 2.19. The third-order valence-electron chi connectivity index (χ3n) is 5.57. The lowest BCUT2D eigenvalue weighted by molar-refractivity contribution is 0.0376. The number of benzene rings is 2. The zero-order valence-electron chi connectivity index (χ0n) is 18.3. The average Bonchev–Trinajstić information content (AvgIpc) is 3.14. The number of hydrogen-bond donors (Lipinski definition) is 2. The Morgan fingerprint density at radius 3 is 2.58 bits per heavy atom. The summed E-state index contributed by atoms with van der Waals surface area (Å²) in [6.45, 7) is 5.98. The van der Waals surface area contributed by atoms with Crippen molar-refractivity contribution in [2.75, 3.05) is 44.7 Å². The number of hydrogen-bond acceptors (Lipinski definition) is 6. The van der Waals surface area contributed by atoms with Gasteiger partial charge in [-0.2, -0.15) is 0 Å². The molecule has 10 heteroatoms. The number of rotatable bonds is 8.